The summed E-state index contributed by atoms with van der Waals surface area (Å²) in [5.41, 5.74) is 10.0. The second kappa shape index (κ2) is 21.5. The van der Waals surface area contributed by atoms with Crippen molar-refractivity contribution in [2.24, 2.45) is 20.5 Å². The highest BCUT2D eigenvalue weighted by atomic mass is 32.2. The highest BCUT2D eigenvalue weighted by molar-refractivity contribution is 7.86. The molecule has 0 bridgehead atoms. The number of carboxylic acid groups (broad SMARTS) is 2. The molecule has 396 valence electrons. The number of urea groups is 1. The van der Waals surface area contributed by atoms with E-state index in [9.17, 15) is 70.3 Å². The molecular formula is C47H36N14O15S2. The van der Waals surface area contributed by atoms with Crippen molar-refractivity contribution in [1.29, 1.82) is 0 Å². The first-order valence-corrected chi connectivity index (χ1v) is 24.6. The summed E-state index contributed by atoms with van der Waals surface area (Å²) in [5.74, 6) is -7.29. The predicted octanol–water partition coefficient (Wildman–Crippen LogP) is 7.50. The smallest absolute Gasteiger partial charge is 0.345 e. The molecule has 0 radical (unpaired) electrons. The number of aromatic hydroxyl groups is 2. The highest BCUT2D eigenvalue weighted by Gasteiger charge is 2.27. The zero-order chi connectivity index (χ0) is 56.2. The van der Waals surface area contributed by atoms with Gasteiger partial charge in [-0.05, 0) is 121 Å². The van der Waals surface area contributed by atoms with Crippen molar-refractivity contribution in [3.8, 4) is 23.1 Å². The number of benzene rings is 6. The van der Waals surface area contributed by atoms with Gasteiger partial charge < -0.3 is 53.2 Å². The number of carbonyl (C=O) groups is 5. The van der Waals surface area contributed by atoms with E-state index in [4.69, 9.17) is 11.5 Å². The number of nitrogens with two attached hydrogens (primary N) is 2. The summed E-state index contributed by atoms with van der Waals surface area (Å²) in [4.78, 5) is 61.6. The maximum Gasteiger partial charge on any atom is 0.345 e. The highest BCUT2D eigenvalue weighted by Crippen LogP contribution is 2.35. The molecule has 8 aromatic rings. The average Bonchev–Trinajstić information content (AvgIpc) is 3.93. The third kappa shape index (κ3) is 12.0. The van der Waals surface area contributed by atoms with E-state index in [0.29, 0.717) is 11.4 Å². The van der Waals surface area contributed by atoms with Crippen LogP contribution < -0.4 is 32.7 Å². The number of rotatable bonds is 16. The van der Waals surface area contributed by atoms with Gasteiger partial charge in [0.1, 0.15) is 9.79 Å². The molecule has 0 atom stereocenters. The largest absolute Gasteiger partial charge is 0.493 e. The molecule has 0 aliphatic carbocycles. The maximum absolute atomic E-state index is 13.2. The molecule has 0 saturated carbocycles. The van der Waals surface area contributed by atoms with Crippen LogP contribution in [-0.4, -0.2) is 95.7 Å². The Morgan fingerprint density at radius 2 is 0.859 bits per heavy atom. The fraction of sp³-hybridized carbons (Fsp3) is 0. The minimum atomic E-state index is -5.09. The Bertz CT molecular complexity index is 3790. The number of hydrogen-bond donors (Lipinski definition) is 12. The van der Waals surface area contributed by atoms with E-state index in [2.05, 4.69) is 51.9 Å². The van der Waals surface area contributed by atoms with Gasteiger partial charge in [-0.15, -0.1) is 30.7 Å². The number of nitrogens with one attached hydrogen (secondary N) is 4. The van der Waals surface area contributed by atoms with Crippen LogP contribution in [0.5, 0.6) is 11.8 Å². The molecule has 0 aliphatic rings. The Kier molecular flexibility index (Phi) is 14.7. The number of aromatic carboxylic acids is 2. The molecule has 0 aliphatic heterocycles. The van der Waals surface area contributed by atoms with E-state index in [1.165, 1.54) is 72.8 Å². The Morgan fingerprint density at radius 1 is 0.487 bits per heavy atom. The van der Waals surface area contributed by atoms with Crippen molar-refractivity contribution in [2.45, 2.75) is 9.79 Å². The lowest BCUT2D eigenvalue weighted by Gasteiger charge is -2.14. The predicted molar refractivity (Wildman–Crippen MR) is 275 cm³/mol. The summed E-state index contributed by atoms with van der Waals surface area (Å²) in [6.07, 6.45) is 0. The van der Waals surface area contributed by atoms with Crippen LogP contribution in [0.4, 0.5) is 61.9 Å². The third-order valence-corrected chi connectivity index (χ3v) is 12.4. The summed E-state index contributed by atoms with van der Waals surface area (Å²) in [6, 6.07) is 27.2. The van der Waals surface area contributed by atoms with E-state index in [0.717, 1.165) is 45.8 Å². The number of anilines is 6. The van der Waals surface area contributed by atoms with Gasteiger partial charge >= 0.3 is 18.0 Å². The Labute approximate surface area is 437 Å². The molecule has 0 fully saturated rings. The number of nitrogen functional groups attached to an aromatic ring is 2. The van der Waals surface area contributed by atoms with Crippen LogP contribution in [0, 0.1) is 0 Å². The Balaban J connectivity index is 0.905. The molecule has 29 nitrogen and oxygen atoms in total. The van der Waals surface area contributed by atoms with Gasteiger partial charge in [-0.1, -0.05) is 12.1 Å². The number of aromatic nitrogens is 4. The van der Waals surface area contributed by atoms with Gasteiger partial charge in [0.05, 0.1) is 34.1 Å². The molecule has 2 aromatic heterocycles. The second-order valence-corrected chi connectivity index (χ2v) is 18.8. The van der Waals surface area contributed by atoms with Gasteiger partial charge in [-0.2, -0.15) is 26.2 Å². The molecule has 78 heavy (non-hydrogen) atoms. The van der Waals surface area contributed by atoms with Crippen molar-refractivity contribution in [1.82, 2.24) is 19.6 Å². The van der Waals surface area contributed by atoms with E-state index < -0.39 is 106 Å². The van der Waals surface area contributed by atoms with Crippen LogP contribution >= 0.6 is 0 Å². The lowest BCUT2D eigenvalue weighted by molar-refractivity contribution is 0.0683. The Morgan fingerprint density at radius 3 is 1.19 bits per heavy atom. The van der Waals surface area contributed by atoms with Crippen LogP contribution in [0.3, 0.4) is 0 Å². The zero-order valence-corrected chi connectivity index (χ0v) is 40.7. The lowest BCUT2D eigenvalue weighted by Crippen LogP contribution is -2.21. The summed E-state index contributed by atoms with van der Waals surface area (Å²) in [7, 11) is -10.2. The second-order valence-electron chi connectivity index (χ2n) is 16.0. The van der Waals surface area contributed by atoms with Crippen LogP contribution in [0.1, 0.15) is 41.4 Å². The quantitative estimate of drug-likeness (QED) is 0.0253. The third-order valence-electron chi connectivity index (χ3n) is 10.7. The number of amides is 4. The van der Waals surface area contributed by atoms with Crippen molar-refractivity contribution in [3.05, 3.63) is 156 Å². The van der Waals surface area contributed by atoms with Gasteiger partial charge in [-0.3, -0.25) is 18.7 Å². The number of carbonyl (C=O) groups excluding carboxylic acids is 3. The Hall–Kier alpha value is -10.9. The van der Waals surface area contributed by atoms with Gasteiger partial charge in [0, 0.05) is 33.9 Å². The normalized spacial score (nSPS) is 11.6. The number of hydrogen-bond acceptors (Lipinski definition) is 19. The van der Waals surface area contributed by atoms with Gasteiger partial charge in [-0.25, -0.2) is 14.4 Å². The molecule has 2 heterocycles. The van der Waals surface area contributed by atoms with Gasteiger partial charge in [0.2, 0.25) is 23.4 Å². The first kappa shape index (κ1) is 53.4. The minimum Gasteiger partial charge on any atom is -0.493 e. The molecule has 0 spiro atoms. The van der Waals surface area contributed by atoms with Crippen LogP contribution in [0.2, 0.25) is 0 Å². The van der Waals surface area contributed by atoms with Crippen molar-refractivity contribution >= 4 is 107 Å². The number of carboxylic acids is 2. The monoisotopic (exact) mass is 1100 g/mol. The SMILES string of the molecule is Nc1cccc(-n2nc(N=Nc3ccc(C(=O)Nc4ccc(NC(=O)Nc5ccc(NC(=O)c6ccc(N=Nc7nn(-c8cccc(N)c8)c(O)c7C(=O)O)cc6)c(S(=O)(=O)O)c5)cc4S(=O)(=O)O)cc3)c(C(=O)O)c2O)c1. The first-order valence-electron chi connectivity index (χ1n) is 21.7. The number of nitrogens with zero attached hydrogens (tertiary/aromatic N) is 8. The molecule has 31 heteroatoms. The molecule has 4 amide bonds. The molecule has 14 N–H and O–H groups in total. The topological polar surface area (TPSA) is 460 Å². The van der Waals surface area contributed by atoms with Crippen LogP contribution in [-0.2, 0) is 20.2 Å². The summed E-state index contributed by atoms with van der Waals surface area (Å²) < 4.78 is 71.8. The summed E-state index contributed by atoms with van der Waals surface area (Å²) >= 11 is 0. The average molecular weight is 1100 g/mol. The number of azo groups is 2. The fourth-order valence-electron chi connectivity index (χ4n) is 7.08. The molecule has 8 rings (SSSR count). The van der Waals surface area contributed by atoms with Crippen LogP contribution in [0.15, 0.2) is 164 Å². The van der Waals surface area contributed by atoms with Crippen molar-refractivity contribution < 1.29 is 70.3 Å². The zero-order valence-electron chi connectivity index (χ0n) is 39.1. The van der Waals surface area contributed by atoms with Crippen molar-refractivity contribution in [3.63, 3.8) is 0 Å². The maximum atomic E-state index is 13.2. The van der Waals surface area contributed by atoms with Crippen LogP contribution in [0.25, 0.3) is 11.4 Å². The fourth-order valence-corrected chi connectivity index (χ4v) is 8.42. The molecule has 0 saturated heterocycles. The first-order chi connectivity index (χ1) is 36.9. The lowest BCUT2D eigenvalue weighted by atomic mass is 10.2. The van der Waals surface area contributed by atoms with E-state index in [1.54, 1.807) is 24.3 Å². The molecular weight excluding hydrogens is 1060 g/mol. The summed E-state index contributed by atoms with van der Waals surface area (Å²) in [6.45, 7) is 0. The van der Waals surface area contributed by atoms with Gasteiger partial charge in [0.25, 0.3) is 32.1 Å². The van der Waals surface area contributed by atoms with E-state index >= 15 is 0 Å². The van der Waals surface area contributed by atoms with E-state index in [-0.39, 0.29) is 45.3 Å². The molecule has 6 aromatic carbocycles. The summed E-state index contributed by atoms with van der Waals surface area (Å²) in [5, 5.41) is 73.4. The van der Waals surface area contributed by atoms with Gasteiger partial charge in [0.15, 0.2) is 11.1 Å². The van der Waals surface area contributed by atoms with E-state index in [1.807, 2.05) is 0 Å². The van der Waals surface area contributed by atoms with Crippen molar-refractivity contribution in [2.75, 3.05) is 32.7 Å². The minimum absolute atomic E-state index is 0.0594. The molecule has 0 unspecified atom stereocenters. The standard InChI is InChI=1S/C47H36N14O15S2/c48-25-3-1-5-31(19-25)60-43(64)37(45(66)67)39(58-60)56-54-27-11-7-23(8-12-27)41(62)52-33-17-15-29(21-35(33)77(71,72)73)50-47(70)51-30-16-18-34(36(22-30)78(74,75)76)53-42(63)24-9-13-28(14-10-24)55-57-40-38(46(68)69)44(65)61(59-40)32-6-2-4-26(49)20-32/h1-22,64-65H,48-49H2,(H,52,62)(H,53,63)(H,66,67)(H,68,69)(H2,50,51,70)(H,71,72,73)(H,74,75,76).